The summed E-state index contributed by atoms with van der Waals surface area (Å²) in [5.74, 6) is -2.65. The van der Waals surface area contributed by atoms with Crippen molar-refractivity contribution in [2.24, 2.45) is 0 Å². The van der Waals surface area contributed by atoms with E-state index in [9.17, 15) is 13.6 Å². The number of H-pyrrole nitrogens is 1. The summed E-state index contributed by atoms with van der Waals surface area (Å²) in [6, 6.07) is 1.71. The van der Waals surface area contributed by atoms with Crippen molar-refractivity contribution in [3.05, 3.63) is 40.1 Å². The highest BCUT2D eigenvalue weighted by atomic mass is 19.3. The van der Waals surface area contributed by atoms with Crippen molar-refractivity contribution in [1.82, 2.24) is 9.38 Å². The molecule has 16 heavy (non-hydrogen) atoms. The minimum atomic E-state index is -2.65. The fourth-order valence-electron chi connectivity index (χ4n) is 2.29. The molecule has 0 amide bonds. The third-order valence-electron chi connectivity index (χ3n) is 3.09. The minimum Gasteiger partial charge on any atom is -0.326 e. The standard InChI is InChI=1S/C11H10F2N2O/c12-11(13)2-1-7-5-8-10(16)14-3-4-15(8)9(7)6-11/h3-5H,1-2,6H2,(H,14,16). The number of fused-ring (bicyclic) bond motifs is 3. The monoisotopic (exact) mass is 224 g/mol. The van der Waals surface area contributed by atoms with Crippen LogP contribution in [0.3, 0.4) is 0 Å². The Morgan fingerprint density at radius 2 is 2.25 bits per heavy atom. The average Bonchev–Trinajstić information content (AvgIpc) is 2.57. The predicted octanol–water partition coefficient (Wildman–Crippen LogP) is 1.75. The molecule has 0 atom stereocenters. The normalized spacial score (nSPS) is 18.6. The maximum absolute atomic E-state index is 13.3. The van der Waals surface area contributed by atoms with Gasteiger partial charge in [0.2, 0.25) is 0 Å². The summed E-state index contributed by atoms with van der Waals surface area (Å²) in [4.78, 5) is 14.0. The average molecular weight is 224 g/mol. The fourth-order valence-corrected chi connectivity index (χ4v) is 2.29. The largest absolute Gasteiger partial charge is 0.326 e. The second-order valence-corrected chi connectivity index (χ2v) is 4.19. The Balaban J connectivity index is 2.30. The Kier molecular flexibility index (Phi) is 1.75. The molecule has 2 aromatic heterocycles. The van der Waals surface area contributed by atoms with Gasteiger partial charge in [-0.2, -0.15) is 0 Å². The number of nitrogens with one attached hydrogen (secondary N) is 1. The first kappa shape index (κ1) is 9.57. The highest BCUT2D eigenvalue weighted by Gasteiger charge is 2.35. The van der Waals surface area contributed by atoms with E-state index in [0.717, 1.165) is 5.56 Å². The summed E-state index contributed by atoms with van der Waals surface area (Å²) < 4.78 is 28.2. The molecule has 0 aliphatic heterocycles. The number of aromatic amines is 1. The number of hydrogen-bond acceptors (Lipinski definition) is 1. The van der Waals surface area contributed by atoms with Crippen molar-refractivity contribution in [1.29, 1.82) is 0 Å². The molecule has 0 aromatic carbocycles. The summed E-state index contributed by atoms with van der Waals surface area (Å²) in [7, 11) is 0. The third-order valence-corrected chi connectivity index (χ3v) is 3.09. The van der Waals surface area contributed by atoms with Gasteiger partial charge in [0, 0.05) is 24.5 Å². The van der Waals surface area contributed by atoms with Crippen molar-refractivity contribution in [3.63, 3.8) is 0 Å². The van der Waals surface area contributed by atoms with Crippen LogP contribution >= 0.6 is 0 Å². The van der Waals surface area contributed by atoms with Crippen LogP contribution in [0.1, 0.15) is 17.7 Å². The summed E-state index contributed by atoms with van der Waals surface area (Å²) >= 11 is 0. The van der Waals surface area contributed by atoms with Crippen LogP contribution in [0.15, 0.2) is 23.3 Å². The van der Waals surface area contributed by atoms with E-state index < -0.39 is 5.92 Å². The van der Waals surface area contributed by atoms with Crippen LogP contribution in [0.4, 0.5) is 8.78 Å². The molecular formula is C11H10F2N2O. The Hall–Kier alpha value is -1.65. The van der Waals surface area contributed by atoms with E-state index in [1.165, 1.54) is 6.20 Å². The van der Waals surface area contributed by atoms with Crippen LogP contribution in [-0.2, 0) is 12.8 Å². The summed E-state index contributed by atoms with van der Waals surface area (Å²) in [5.41, 5.74) is 1.64. The third kappa shape index (κ3) is 1.27. The summed E-state index contributed by atoms with van der Waals surface area (Å²) in [6.07, 6.45) is 3.03. The number of alkyl halides is 2. The molecule has 1 aliphatic carbocycles. The van der Waals surface area contributed by atoms with Crippen LogP contribution in [0, 0.1) is 0 Å². The number of rotatable bonds is 0. The van der Waals surface area contributed by atoms with Gasteiger partial charge in [0.25, 0.3) is 11.5 Å². The number of halogens is 2. The van der Waals surface area contributed by atoms with Crippen molar-refractivity contribution < 1.29 is 8.78 Å². The Morgan fingerprint density at radius 3 is 3.06 bits per heavy atom. The number of aromatic nitrogens is 2. The molecule has 1 aliphatic rings. The Labute approximate surface area is 89.7 Å². The quantitative estimate of drug-likeness (QED) is 0.727. The molecule has 3 rings (SSSR count). The van der Waals surface area contributed by atoms with E-state index in [0.29, 0.717) is 17.6 Å². The second-order valence-electron chi connectivity index (χ2n) is 4.19. The first-order chi connectivity index (χ1) is 7.57. The van der Waals surface area contributed by atoms with Gasteiger partial charge in [-0.25, -0.2) is 8.78 Å². The highest BCUT2D eigenvalue weighted by molar-refractivity contribution is 5.52. The topological polar surface area (TPSA) is 37.3 Å². The number of nitrogens with zero attached hydrogens (tertiary/aromatic N) is 1. The molecule has 0 bridgehead atoms. The predicted molar refractivity (Wildman–Crippen MR) is 55.0 cm³/mol. The lowest BCUT2D eigenvalue weighted by molar-refractivity contribution is -0.0133. The zero-order chi connectivity index (χ0) is 11.3. The molecule has 2 heterocycles. The first-order valence-corrected chi connectivity index (χ1v) is 5.15. The molecule has 0 saturated carbocycles. The maximum atomic E-state index is 13.3. The molecule has 0 saturated heterocycles. The van der Waals surface area contributed by atoms with E-state index in [1.807, 2.05) is 0 Å². The van der Waals surface area contributed by atoms with E-state index in [1.54, 1.807) is 16.7 Å². The smallest absolute Gasteiger partial charge is 0.272 e. The molecule has 0 radical (unpaired) electrons. The zero-order valence-corrected chi connectivity index (χ0v) is 8.46. The fraction of sp³-hybridized carbons (Fsp3) is 0.364. The number of aryl methyl sites for hydroxylation is 1. The minimum absolute atomic E-state index is 0.130. The van der Waals surface area contributed by atoms with Crippen LogP contribution in [0.25, 0.3) is 5.52 Å². The first-order valence-electron chi connectivity index (χ1n) is 5.15. The lowest BCUT2D eigenvalue weighted by atomic mass is 9.95. The van der Waals surface area contributed by atoms with Gasteiger partial charge in [0.1, 0.15) is 5.52 Å². The van der Waals surface area contributed by atoms with Gasteiger partial charge < -0.3 is 9.38 Å². The number of hydrogen-bond donors (Lipinski definition) is 1. The van der Waals surface area contributed by atoms with Crippen molar-refractivity contribution in [2.45, 2.75) is 25.2 Å². The Bertz CT molecular complexity index is 612. The van der Waals surface area contributed by atoms with Gasteiger partial charge in [-0.05, 0) is 18.1 Å². The van der Waals surface area contributed by atoms with Crippen LogP contribution < -0.4 is 5.56 Å². The van der Waals surface area contributed by atoms with E-state index >= 15 is 0 Å². The summed E-state index contributed by atoms with van der Waals surface area (Å²) in [6.45, 7) is 0. The van der Waals surface area contributed by atoms with E-state index in [4.69, 9.17) is 0 Å². The zero-order valence-electron chi connectivity index (χ0n) is 8.46. The van der Waals surface area contributed by atoms with Gasteiger partial charge in [-0.15, -0.1) is 0 Å². The SMILES string of the molecule is O=c1[nH]ccn2c3c(cc12)CCC(F)(F)C3. The second kappa shape index (κ2) is 2.93. The molecular weight excluding hydrogens is 214 g/mol. The van der Waals surface area contributed by atoms with Crippen LogP contribution in [-0.4, -0.2) is 15.3 Å². The van der Waals surface area contributed by atoms with Crippen LogP contribution in [0.5, 0.6) is 0 Å². The molecule has 1 N–H and O–H groups in total. The molecule has 0 spiro atoms. The molecule has 0 unspecified atom stereocenters. The van der Waals surface area contributed by atoms with Crippen molar-refractivity contribution in [2.75, 3.05) is 0 Å². The van der Waals surface area contributed by atoms with Gasteiger partial charge in [0.15, 0.2) is 0 Å². The lowest BCUT2D eigenvalue weighted by Crippen LogP contribution is -2.26. The molecule has 3 nitrogen and oxygen atoms in total. The maximum Gasteiger partial charge on any atom is 0.272 e. The van der Waals surface area contributed by atoms with Crippen molar-refractivity contribution in [3.8, 4) is 0 Å². The van der Waals surface area contributed by atoms with Gasteiger partial charge in [-0.1, -0.05) is 0 Å². The van der Waals surface area contributed by atoms with Crippen molar-refractivity contribution >= 4 is 5.52 Å². The molecule has 0 fully saturated rings. The van der Waals surface area contributed by atoms with Gasteiger partial charge >= 0.3 is 0 Å². The van der Waals surface area contributed by atoms with E-state index in [-0.39, 0.29) is 18.4 Å². The molecule has 5 heteroatoms. The highest BCUT2D eigenvalue weighted by Crippen LogP contribution is 2.33. The van der Waals surface area contributed by atoms with E-state index in [2.05, 4.69) is 4.98 Å². The van der Waals surface area contributed by atoms with Gasteiger partial charge in [0.05, 0.1) is 6.42 Å². The summed E-state index contributed by atoms with van der Waals surface area (Å²) in [5, 5.41) is 0. The Morgan fingerprint density at radius 1 is 1.44 bits per heavy atom. The van der Waals surface area contributed by atoms with Crippen LogP contribution in [0.2, 0.25) is 0 Å². The van der Waals surface area contributed by atoms with Gasteiger partial charge in [-0.3, -0.25) is 4.79 Å². The molecule has 84 valence electrons. The lowest BCUT2D eigenvalue weighted by Gasteiger charge is -2.22. The molecule has 2 aromatic rings.